The fraction of sp³-hybridized carbons (Fsp3) is 0.632. The van der Waals surface area contributed by atoms with E-state index in [0.29, 0.717) is 22.5 Å². The molecular formula is C19H26ClN3O. The summed E-state index contributed by atoms with van der Waals surface area (Å²) in [6, 6.07) is 3.80. The smallest absolute Gasteiger partial charge is 0.261 e. The van der Waals surface area contributed by atoms with E-state index in [-0.39, 0.29) is 0 Å². The van der Waals surface area contributed by atoms with Crippen molar-refractivity contribution < 1.29 is 4.52 Å². The van der Waals surface area contributed by atoms with E-state index >= 15 is 0 Å². The van der Waals surface area contributed by atoms with Crippen molar-refractivity contribution in [3.63, 3.8) is 0 Å². The summed E-state index contributed by atoms with van der Waals surface area (Å²) in [5.74, 6) is 2.61. The lowest BCUT2D eigenvalue weighted by Gasteiger charge is -2.26. The van der Waals surface area contributed by atoms with Gasteiger partial charge in [-0.15, -0.1) is 0 Å². The van der Waals surface area contributed by atoms with E-state index < -0.39 is 0 Å². The van der Waals surface area contributed by atoms with Gasteiger partial charge in [0.05, 0.1) is 5.56 Å². The highest BCUT2D eigenvalue weighted by Gasteiger charge is 2.26. The summed E-state index contributed by atoms with van der Waals surface area (Å²) in [5.41, 5.74) is 1.60. The first kappa shape index (κ1) is 17.4. The lowest BCUT2D eigenvalue weighted by atomic mass is 9.79. The Morgan fingerprint density at radius 2 is 1.92 bits per heavy atom. The molecule has 0 amide bonds. The van der Waals surface area contributed by atoms with E-state index in [2.05, 4.69) is 22.0 Å². The molecular weight excluding hydrogens is 322 g/mol. The highest BCUT2D eigenvalue weighted by atomic mass is 35.5. The molecule has 2 aromatic heterocycles. The molecule has 5 heteroatoms. The Morgan fingerprint density at radius 3 is 2.62 bits per heavy atom. The van der Waals surface area contributed by atoms with Crippen LogP contribution >= 0.6 is 11.6 Å². The number of hydrogen-bond acceptors (Lipinski definition) is 4. The van der Waals surface area contributed by atoms with Crippen molar-refractivity contribution in [3.05, 3.63) is 28.8 Å². The van der Waals surface area contributed by atoms with Gasteiger partial charge < -0.3 is 4.52 Å². The van der Waals surface area contributed by atoms with Gasteiger partial charge in [-0.05, 0) is 50.7 Å². The van der Waals surface area contributed by atoms with Crippen LogP contribution in [0.5, 0.6) is 0 Å². The number of unbranched alkanes of at least 4 members (excludes halogenated alkanes) is 2. The first-order chi connectivity index (χ1) is 11.7. The van der Waals surface area contributed by atoms with Crippen molar-refractivity contribution >= 4 is 11.6 Å². The largest absolute Gasteiger partial charge is 0.334 e. The molecule has 0 radical (unpaired) electrons. The summed E-state index contributed by atoms with van der Waals surface area (Å²) in [7, 11) is 0. The zero-order chi connectivity index (χ0) is 16.9. The van der Waals surface area contributed by atoms with Crippen LogP contribution in [0.1, 0.15) is 75.7 Å². The van der Waals surface area contributed by atoms with Crippen molar-refractivity contribution in [1.29, 1.82) is 0 Å². The number of halogens is 1. The number of nitrogens with zero attached hydrogens (tertiary/aromatic N) is 3. The summed E-state index contributed by atoms with van der Waals surface area (Å²) in [6.45, 7) is 4.18. The number of hydrogen-bond donors (Lipinski definition) is 0. The van der Waals surface area contributed by atoms with Crippen molar-refractivity contribution in [2.45, 2.75) is 71.1 Å². The number of aryl methyl sites for hydroxylation is 1. The van der Waals surface area contributed by atoms with Crippen LogP contribution in [0.25, 0.3) is 11.5 Å². The van der Waals surface area contributed by atoms with E-state index in [4.69, 9.17) is 16.1 Å². The molecule has 0 unspecified atom stereocenters. The maximum Gasteiger partial charge on any atom is 0.261 e. The molecule has 0 aliphatic heterocycles. The van der Waals surface area contributed by atoms with Gasteiger partial charge in [-0.1, -0.05) is 49.4 Å². The standard InChI is InChI=1S/C19H26ClN3O/c1-3-4-5-6-14-8-10-15(11-9-14)18-22-19(24-23-18)16-12-7-13(2)21-17(16)20/h7,12,14-15H,3-6,8-11H2,1-2H3/t14-,15-. The van der Waals surface area contributed by atoms with Crippen molar-refractivity contribution in [2.24, 2.45) is 5.92 Å². The Labute approximate surface area is 149 Å². The van der Waals surface area contributed by atoms with Gasteiger partial charge in [0, 0.05) is 11.6 Å². The van der Waals surface area contributed by atoms with Crippen molar-refractivity contribution in [3.8, 4) is 11.5 Å². The van der Waals surface area contributed by atoms with E-state index in [1.54, 1.807) is 0 Å². The first-order valence-corrected chi connectivity index (χ1v) is 9.52. The molecule has 2 heterocycles. The molecule has 3 rings (SSSR count). The van der Waals surface area contributed by atoms with Gasteiger partial charge in [-0.2, -0.15) is 4.98 Å². The van der Waals surface area contributed by atoms with Crippen LogP contribution in [-0.2, 0) is 0 Å². The third-order valence-electron chi connectivity index (χ3n) is 5.09. The molecule has 1 aliphatic rings. The molecule has 0 aromatic carbocycles. The van der Waals surface area contributed by atoms with Gasteiger partial charge in [0.15, 0.2) is 5.82 Å². The molecule has 130 valence electrons. The van der Waals surface area contributed by atoms with Gasteiger partial charge in [-0.25, -0.2) is 4.98 Å². The van der Waals surface area contributed by atoms with Gasteiger partial charge >= 0.3 is 0 Å². The highest BCUT2D eigenvalue weighted by Crippen LogP contribution is 2.37. The van der Waals surface area contributed by atoms with E-state index in [0.717, 1.165) is 30.3 Å². The summed E-state index contributed by atoms with van der Waals surface area (Å²) < 4.78 is 5.45. The average molecular weight is 348 g/mol. The predicted octanol–water partition coefficient (Wildman–Crippen LogP) is 5.95. The summed E-state index contributed by atoms with van der Waals surface area (Å²) in [5, 5.41) is 4.63. The highest BCUT2D eigenvalue weighted by molar-refractivity contribution is 6.31. The Bertz CT molecular complexity index is 662. The van der Waals surface area contributed by atoms with Crippen LogP contribution in [0, 0.1) is 12.8 Å². The molecule has 2 aromatic rings. The summed E-state index contributed by atoms with van der Waals surface area (Å²) in [6.07, 6.45) is 10.3. The number of aromatic nitrogens is 3. The minimum Gasteiger partial charge on any atom is -0.334 e. The Hall–Kier alpha value is -1.42. The van der Waals surface area contributed by atoms with Gasteiger partial charge in [0.1, 0.15) is 5.15 Å². The van der Waals surface area contributed by atoms with Crippen LogP contribution < -0.4 is 0 Å². The minimum absolute atomic E-state index is 0.419. The zero-order valence-corrected chi connectivity index (χ0v) is 15.4. The van der Waals surface area contributed by atoms with E-state index in [1.807, 2.05) is 19.1 Å². The Kier molecular flexibility index (Phi) is 5.88. The molecule has 0 saturated heterocycles. The van der Waals surface area contributed by atoms with Crippen molar-refractivity contribution in [1.82, 2.24) is 15.1 Å². The van der Waals surface area contributed by atoms with Gasteiger partial charge in [0.2, 0.25) is 0 Å². The van der Waals surface area contributed by atoms with E-state index in [9.17, 15) is 0 Å². The van der Waals surface area contributed by atoms with Gasteiger partial charge in [0.25, 0.3) is 5.89 Å². The first-order valence-electron chi connectivity index (χ1n) is 9.14. The lowest BCUT2D eigenvalue weighted by Crippen LogP contribution is -2.14. The second-order valence-electron chi connectivity index (χ2n) is 6.96. The molecule has 0 spiro atoms. The third-order valence-corrected chi connectivity index (χ3v) is 5.38. The monoisotopic (exact) mass is 347 g/mol. The fourth-order valence-corrected chi connectivity index (χ4v) is 3.86. The lowest BCUT2D eigenvalue weighted by molar-refractivity contribution is 0.292. The maximum absolute atomic E-state index is 6.20. The molecule has 0 atom stereocenters. The topological polar surface area (TPSA) is 51.8 Å². The second kappa shape index (κ2) is 8.11. The Balaban J connectivity index is 1.60. The van der Waals surface area contributed by atoms with Crippen LogP contribution in [0.2, 0.25) is 5.15 Å². The maximum atomic E-state index is 6.20. The zero-order valence-electron chi connectivity index (χ0n) is 14.6. The third kappa shape index (κ3) is 4.15. The molecule has 1 fully saturated rings. The quantitative estimate of drug-likeness (QED) is 0.478. The van der Waals surface area contributed by atoms with Crippen LogP contribution in [-0.4, -0.2) is 15.1 Å². The average Bonchev–Trinajstić information content (AvgIpc) is 3.05. The van der Waals surface area contributed by atoms with Crippen molar-refractivity contribution in [2.75, 3.05) is 0 Å². The molecule has 0 N–H and O–H groups in total. The second-order valence-corrected chi connectivity index (χ2v) is 7.32. The van der Waals surface area contributed by atoms with E-state index in [1.165, 1.54) is 38.5 Å². The summed E-state index contributed by atoms with van der Waals surface area (Å²) >= 11 is 6.20. The number of pyridine rings is 1. The predicted molar refractivity (Wildman–Crippen MR) is 96.1 cm³/mol. The molecule has 1 saturated carbocycles. The van der Waals surface area contributed by atoms with Crippen LogP contribution in [0.3, 0.4) is 0 Å². The molecule has 4 nitrogen and oxygen atoms in total. The summed E-state index contributed by atoms with van der Waals surface area (Å²) in [4.78, 5) is 8.85. The fourth-order valence-electron chi connectivity index (χ4n) is 3.59. The SMILES string of the molecule is CCCCC[C@H]1CC[C@H](c2noc(-c3ccc(C)nc3Cl)n2)CC1. The molecule has 1 aliphatic carbocycles. The minimum atomic E-state index is 0.419. The van der Waals surface area contributed by atoms with Crippen LogP contribution in [0.15, 0.2) is 16.7 Å². The molecule has 24 heavy (non-hydrogen) atoms. The van der Waals surface area contributed by atoms with Crippen LogP contribution in [0.4, 0.5) is 0 Å². The Morgan fingerprint density at radius 1 is 1.12 bits per heavy atom. The molecule has 0 bridgehead atoms. The normalized spacial score (nSPS) is 21.1. The van der Waals surface area contributed by atoms with Gasteiger partial charge in [-0.3, -0.25) is 0 Å². The number of rotatable bonds is 6.